The van der Waals surface area contributed by atoms with Crippen LogP contribution in [-0.2, 0) is 28.4 Å². The Morgan fingerprint density at radius 2 is 1.04 bits per heavy atom. The minimum atomic E-state index is -1.80. The van der Waals surface area contributed by atoms with Crippen LogP contribution in [0.3, 0.4) is 0 Å². The maximum absolute atomic E-state index is 11.5. The summed E-state index contributed by atoms with van der Waals surface area (Å²) >= 11 is 0. The lowest BCUT2D eigenvalue weighted by Crippen LogP contribution is -2.66. The van der Waals surface area contributed by atoms with E-state index in [1.165, 1.54) is 0 Å². The minimum absolute atomic E-state index is 0.218. The highest BCUT2D eigenvalue weighted by Gasteiger charge is 2.54. The summed E-state index contributed by atoms with van der Waals surface area (Å²) in [4.78, 5) is 0. The second-order valence-corrected chi connectivity index (χ2v) is 13.0. The Morgan fingerprint density at radius 3 is 1.57 bits per heavy atom. The van der Waals surface area contributed by atoms with Crippen LogP contribution in [0.15, 0.2) is 0 Å². The molecule has 19 nitrogen and oxygen atoms in total. The first-order chi connectivity index (χ1) is 22.2. The van der Waals surface area contributed by atoms with E-state index in [1.807, 2.05) is 0 Å². The van der Waals surface area contributed by atoms with Gasteiger partial charge in [-0.25, -0.2) is 0 Å². The molecular weight excluding hydrogens is 640 g/mol. The van der Waals surface area contributed by atoms with Crippen LogP contribution in [0.4, 0.5) is 0 Å². The van der Waals surface area contributed by atoms with Gasteiger partial charge in [-0.3, -0.25) is 0 Å². The van der Waals surface area contributed by atoms with E-state index in [9.17, 15) is 66.4 Å². The lowest BCUT2D eigenvalue weighted by molar-refractivity contribution is -0.350. The Hall–Kier alpha value is -0.760. The molecule has 20 atom stereocenters. The predicted octanol–water partition coefficient (Wildman–Crippen LogP) is -7.38. The van der Waals surface area contributed by atoms with Crippen LogP contribution in [0.5, 0.6) is 0 Å². The van der Waals surface area contributed by atoms with Gasteiger partial charge in [-0.2, -0.15) is 0 Å². The number of ether oxygens (including phenoxy) is 6. The molecule has 19 heteroatoms. The van der Waals surface area contributed by atoms with Crippen LogP contribution in [0.2, 0.25) is 0 Å². The van der Waals surface area contributed by atoms with E-state index in [1.54, 1.807) is 13.8 Å². The molecule has 4 rings (SSSR count). The molecule has 0 aromatic carbocycles. The van der Waals surface area contributed by atoms with Crippen LogP contribution < -0.4 is 0 Å². The second-order valence-electron chi connectivity index (χ2n) is 13.0. The molecule has 4 fully saturated rings. The molecule has 47 heavy (non-hydrogen) atoms. The quantitative estimate of drug-likeness (QED) is 0.0957. The zero-order valence-corrected chi connectivity index (χ0v) is 25.9. The van der Waals surface area contributed by atoms with Crippen LogP contribution in [0, 0.1) is 11.8 Å². The monoisotopic (exact) mass is 690 g/mol. The summed E-state index contributed by atoms with van der Waals surface area (Å²) in [6.07, 6.45) is -29.3. The van der Waals surface area contributed by atoms with Gasteiger partial charge in [0.2, 0.25) is 0 Å². The first-order valence-electron chi connectivity index (χ1n) is 15.7. The average Bonchev–Trinajstić information content (AvgIpc) is 3.05. The SMILES string of the molecule is CC(C)[C@@H]1O[C@H](CO)[C@@H](O[C@@H]2C[C@H](CO[C@@H]3O[C@H](CO)[C@@H](O)[C@H](O)[C@H]3O)[C@@H](O)[C@H](O)[C@H]2O)[C@H](O)[C@H]1O[C@@H]1O[C@H](CO)[C@@H](O)[C@H](O)[C@H]1O. The van der Waals surface area contributed by atoms with Crippen molar-refractivity contribution in [1.82, 2.24) is 0 Å². The summed E-state index contributed by atoms with van der Waals surface area (Å²) in [5, 5.41) is 134. The van der Waals surface area contributed by atoms with Crippen molar-refractivity contribution in [3.8, 4) is 0 Å². The van der Waals surface area contributed by atoms with Gasteiger partial charge in [0.25, 0.3) is 0 Å². The normalized spacial score (nSPS) is 51.3. The van der Waals surface area contributed by atoms with Gasteiger partial charge in [0.15, 0.2) is 12.6 Å². The van der Waals surface area contributed by atoms with Crippen LogP contribution in [0.25, 0.3) is 0 Å². The molecule has 0 unspecified atom stereocenters. The summed E-state index contributed by atoms with van der Waals surface area (Å²) in [5.41, 5.74) is 0. The van der Waals surface area contributed by atoms with Crippen LogP contribution >= 0.6 is 0 Å². The van der Waals surface area contributed by atoms with Gasteiger partial charge >= 0.3 is 0 Å². The van der Waals surface area contributed by atoms with E-state index in [0.29, 0.717) is 0 Å². The molecule has 0 spiro atoms. The highest BCUT2D eigenvalue weighted by atomic mass is 16.7. The topological polar surface area (TPSA) is 318 Å². The van der Waals surface area contributed by atoms with Gasteiger partial charge in [-0.15, -0.1) is 0 Å². The highest BCUT2D eigenvalue weighted by Crippen LogP contribution is 2.36. The molecule has 3 saturated heterocycles. The Labute approximate surface area is 270 Å². The number of aliphatic hydroxyl groups excluding tert-OH is 13. The van der Waals surface area contributed by atoms with Gasteiger partial charge in [0.05, 0.1) is 44.7 Å². The molecule has 0 aromatic rings. The summed E-state index contributed by atoms with van der Waals surface area (Å²) in [5.74, 6) is -1.36. The Kier molecular flexibility index (Phi) is 13.7. The fourth-order valence-corrected chi connectivity index (χ4v) is 6.51. The number of hydrogen-bond acceptors (Lipinski definition) is 19. The third-order valence-electron chi connectivity index (χ3n) is 9.43. The molecule has 3 aliphatic heterocycles. The van der Waals surface area contributed by atoms with Gasteiger partial charge in [0.1, 0.15) is 85.5 Å². The van der Waals surface area contributed by atoms with Crippen molar-refractivity contribution in [3.63, 3.8) is 0 Å². The summed E-state index contributed by atoms with van der Waals surface area (Å²) in [6, 6.07) is 0. The maximum atomic E-state index is 11.5. The van der Waals surface area contributed by atoms with Gasteiger partial charge < -0.3 is 94.8 Å². The van der Waals surface area contributed by atoms with E-state index in [4.69, 9.17) is 28.4 Å². The number of aliphatic hydroxyl groups is 13. The van der Waals surface area contributed by atoms with E-state index >= 15 is 0 Å². The van der Waals surface area contributed by atoms with Crippen molar-refractivity contribution < 1.29 is 94.8 Å². The molecule has 0 amide bonds. The van der Waals surface area contributed by atoms with Crippen molar-refractivity contribution in [2.75, 3.05) is 26.4 Å². The second kappa shape index (κ2) is 16.5. The van der Waals surface area contributed by atoms with E-state index < -0.39 is 149 Å². The summed E-state index contributed by atoms with van der Waals surface area (Å²) < 4.78 is 34.2. The summed E-state index contributed by atoms with van der Waals surface area (Å²) in [7, 11) is 0. The molecular formula is C28H50O19. The standard InChI is InChI=1S/C28H50O19/c1-8(2)24-26(47-28-22(40)20(38)17(35)12(5-30)46-28)23(41)25(13(6-31)44-24)43-10-3-9(14(32)18(36)15(10)33)7-42-27-21(39)19(37)16(34)11(4-29)45-27/h8-41H,3-7H2,1-2H3/t9-,10-,11-,12-,13-,14-,15+,16-,17-,18+,19+,20+,21-,22-,23+,24+,25-,26-,27-,28+/m1/s1. The summed E-state index contributed by atoms with van der Waals surface area (Å²) in [6.45, 7) is 0.913. The zero-order valence-electron chi connectivity index (χ0n) is 25.9. The Morgan fingerprint density at radius 1 is 0.532 bits per heavy atom. The third kappa shape index (κ3) is 8.09. The van der Waals surface area contributed by atoms with Crippen molar-refractivity contribution in [2.24, 2.45) is 11.8 Å². The zero-order chi connectivity index (χ0) is 34.9. The molecule has 1 saturated carbocycles. The first kappa shape index (κ1) is 39.0. The fraction of sp³-hybridized carbons (Fsp3) is 1.00. The Balaban J connectivity index is 1.49. The number of rotatable bonds is 11. The van der Waals surface area contributed by atoms with Crippen molar-refractivity contribution in [2.45, 2.75) is 137 Å². The van der Waals surface area contributed by atoms with Gasteiger partial charge in [-0.05, 0) is 12.3 Å². The van der Waals surface area contributed by atoms with E-state index in [0.717, 1.165) is 0 Å². The third-order valence-corrected chi connectivity index (χ3v) is 9.43. The van der Waals surface area contributed by atoms with Crippen molar-refractivity contribution >= 4 is 0 Å². The molecule has 276 valence electrons. The van der Waals surface area contributed by atoms with Gasteiger partial charge in [0, 0.05) is 5.92 Å². The van der Waals surface area contributed by atoms with Gasteiger partial charge in [-0.1, -0.05) is 13.8 Å². The molecule has 0 bridgehead atoms. The predicted molar refractivity (Wildman–Crippen MR) is 150 cm³/mol. The highest BCUT2D eigenvalue weighted by molar-refractivity contribution is 5.00. The maximum Gasteiger partial charge on any atom is 0.187 e. The van der Waals surface area contributed by atoms with Crippen LogP contribution in [0.1, 0.15) is 20.3 Å². The molecule has 3 heterocycles. The van der Waals surface area contributed by atoms with Crippen molar-refractivity contribution in [1.29, 1.82) is 0 Å². The smallest absolute Gasteiger partial charge is 0.187 e. The van der Waals surface area contributed by atoms with E-state index in [-0.39, 0.29) is 12.3 Å². The average molecular weight is 691 g/mol. The van der Waals surface area contributed by atoms with Crippen molar-refractivity contribution in [3.05, 3.63) is 0 Å². The largest absolute Gasteiger partial charge is 0.394 e. The fourth-order valence-electron chi connectivity index (χ4n) is 6.51. The molecule has 0 radical (unpaired) electrons. The lowest BCUT2D eigenvalue weighted by atomic mass is 9.80. The number of hydrogen-bond donors (Lipinski definition) is 13. The van der Waals surface area contributed by atoms with E-state index in [2.05, 4.69) is 0 Å². The first-order valence-corrected chi connectivity index (χ1v) is 15.7. The Bertz CT molecular complexity index is 959. The lowest BCUT2D eigenvalue weighted by Gasteiger charge is -2.50. The van der Waals surface area contributed by atoms with Crippen LogP contribution in [-0.4, -0.2) is 209 Å². The molecule has 4 aliphatic rings. The molecule has 13 N–H and O–H groups in total. The molecule has 0 aromatic heterocycles. The minimum Gasteiger partial charge on any atom is -0.394 e. The molecule has 1 aliphatic carbocycles.